The van der Waals surface area contributed by atoms with E-state index in [0.717, 1.165) is 17.1 Å². The Morgan fingerprint density at radius 2 is 0.964 bits per heavy atom. The molecule has 0 N–H and O–H groups in total. The molecule has 0 aliphatic heterocycles. The van der Waals surface area contributed by atoms with Gasteiger partial charge in [0.1, 0.15) is 7.05 Å². The second-order valence-electron chi connectivity index (χ2n) is 6.73. The molecule has 0 fully saturated rings. The van der Waals surface area contributed by atoms with Crippen LogP contribution in [0, 0.1) is 0 Å². The summed E-state index contributed by atoms with van der Waals surface area (Å²) in [6.45, 7) is 0. The van der Waals surface area contributed by atoms with Crippen LogP contribution in [0.1, 0.15) is 11.1 Å². The summed E-state index contributed by atoms with van der Waals surface area (Å²) in [6.07, 6.45) is 8.40. The van der Waals surface area contributed by atoms with Crippen molar-refractivity contribution in [2.24, 2.45) is 7.05 Å². The summed E-state index contributed by atoms with van der Waals surface area (Å²) in [5.41, 5.74) is 5.81. The highest BCUT2D eigenvalue weighted by Crippen LogP contribution is 2.34. The average molecular weight is 363 g/mol. The summed E-state index contributed by atoms with van der Waals surface area (Å²) < 4.78 is 2.04. The van der Waals surface area contributed by atoms with Crippen molar-refractivity contribution < 1.29 is 4.57 Å². The van der Waals surface area contributed by atoms with Gasteiger partial charge >= 0.3 is 0 Å². The Morgan fingerprint density at radius 1 is 0.536 bits per heavy atom. The van der Waals surface area contributed by atoms with Crippen LogP contribution in [0.4, 0.5) is 17.1 Å². The number of hydrogen-bond donors (Lipinski definition) is 0. The van der Waals surface area contributed by atoms with Gasteiger partial charge in [0.2, 0.25) is 0 Å². The Labute approximate surface area is 166 Å². The highest BCUT2D eigenvalue weighted by atomic mass is 15.1. The number of hydrogen-bond acceptors (Lipinski definition) is 1. The van der Waals surface area contributed by atoms with Crippen LogP contribution in [-0.2, 0) is 7.05 Å². The number of aryl methyl sites for hydroxylation is 1. The minimum atomic E-state index is 1.14. The third-order valence-electron chi connectivity index (χ3n) is 4.65. The first-order valence-corrected chi connectivity index (χ1v) is 9.43. The van der Waals surface area contributed by atoms with E-state index in [2.05, 4.69) is 114 Å². The molecule has 4 aromatic rings. The van der Waals surface area contributed by atoms with Crippen molar-refractivity contribution in [1.82, 2.24) is 0 Å². The van der Waals surface area contributed by atoms with E-state index in [1.807, 2.05) is 23.7 Å². The molecule has 0 radical (unpaired) electrons. The van der Waals surface area contributed by atoms with Gasteiger partial charge in [-0.1, -0.05) is 60.7 Å². The molecule has 136 valence electrons. The van der Waals surface area contributed by atoms with E-state index in [1.54, 1.807) is 0 Å². The lowest BCUT2D eigenvalue weighted by Gasteiger charge is -2.25. The predicted octanol–water partition coefficient (Wildman–Crippen LogP) is 6.15. The normalized spacial score (nSPS) is 10.9. The number of para-hydroxylation sites is 2. The summed E-state index contributed by atoms with van der Waals surface area (Å²) in [6, 6.07) is 33.8. The first-order valence-electron chi connectivity index (χ1n) is 9.43. The van der Waals surface area contributed by atoms with Crippen LogP contribution < -0.4 is 9.47 Å². The molecule has 0 amide bonds. The molecule has 4 rings (SSSR count). The van der Waals surface area contributed by atoms with Crippen LogP contribution in [0.5, 0.6) is 0 Å². The fourth-order valence-corrected chi connectivity index (χ4v) is 3.15. The summed E-state index contributed by atoms with van der Waals surface area (Å²) in [4.78, 5) is 2.27. The zero-order valence-electron chi connectivity index (χ0n) is 15.9. The third-order valence-corrected chi connectivity index (χ3v) is 4.65. The summed E-state index contributed by atoms with van der Waals surface area (Å²) in [5.74, 6) is 0. The van der Waals surface area contributed by atoms with Gasteiger partial charge in [-0.05, 0) is 47.5 Å². The SMILES string of the molecule is C[n+]1ccc(/C=C/c2ccc(N(c3ccccc3)c3ccccc3)cc2)cc1. The van der Waals surface area contributed by atoms with Crippen LogP contribution in [0.2, 0.25) is 0 Å². The lowest BCUT2D eigenvalue weighted by atomic mass is 10.1. The molecule has 2 nitrogen and oxygen atoms in total. The van der Waals surface area contributed by atoms with Gasteiger partial charge in [0.15, 0.2) is 12.4 Å². The molecule has 0 aliphatic rings. The van der Waals surface area contributed by atoms with Gasteiger partial charge in [-0.3, -0.25) is 0 Å². The van der Waals surface area contributed by atoms with Crippen LogP contribution in [-0.4, -0.2) is 0 Å². The molecule has 0 unspecified atom stereocenters. The maximum atomic E-state index is 2.27. The van der Waals surface area contributed by atoms with Gasteiger partial charge in [-0.15, -0.1) is 0 Å². The van der Waals surface area contributed by atoms with E-state index in [9.17, 15) is 0 Å². The highest BCUT2D eigenvalue weighted by Gasteiger charge is 2.11. The Hall–Kier alpha value is -3.65. The molecular weight excluding hydrogens is 340 g/mol. The molecule has 1 aromatic heterocycles. The average Bonchev–Trinajstić information content (AvgIpc) is 2.76. The lowest BCUT2D eigenvalue weighted by molar-refractivity contribution is -0.671. The minimum Gasteiger partial charge on any atom is -0.311 e. The minimum absolute atomic E-state index is 1.14. The second-order valence-corrected chi connectivity index (χ2v) is 6.73. The van der Waals surface area contributed by atoms with E-state index in [-0.39, 0.29) is 0 Å². The van der Waals surface area contributed by atoms with E-state index in [4.69, 9.17) is 0 Å². The number of nitrogens with zero attached hydrogens (tertiary/aromatic N) is 2. The molecule has 0 bridgehead atoms. The number of pyridine rings is 1. The Bertz CT molecular complexity index is 996. The number of aromatic nitrogens is 1. The van der Waals surface area contributed by atoms with E-state index in [0.29, 0.717) is 0 Å². The predicted molar refractivity (Wildman–Crippen MR) is 118 cm³/mol. The first-order chi connectivity index (χ1) is 13.8. The molecule has 0 saturated heterocycles. The fourth-order valence-electron chi connectivity index (χ4n) is 3.15. The molecule has 0 aliphatic carbocycles. The molecule has 0 spiro atoms. The molecule has 28 heavy (non-hydrogen) atoms. The van der Waals surface area contributed by atoms with E-state index in [1.165, 1.54) is 11.1 Å². The third kappa shape index (κ3) is 4.18. The van der Waals surface area contributed by atoms with Crippen molar-refractivity contribution in [2.75, 3.05) is 4.90 Å². The van der Waals surface area contributed by atoms with Gasteiger partial charge in [-0.2, -0.15) is 0 Å². The van der Waals surface area contributed by atoms with Crippen LogP contribution >= 0.6 is 0 Å². The van der Waals surface area contributed by atoms with Gasteiger partial charge < -0.3 is 4.90 Å². The smallest absolute Gasteiger partial charge is 0.169 e. The second kappa shape index (κ2) is 8.36. The van der Waals surface area contributed by atoms with Crippen molar-refractivity contribution in [1.29, 1.82) is 0 Å². The van der Waals surface area contributed by atoms with Gasteiger partial charge in [0, 0.05) is 29.2 Å². The van der Waals surface area contributed by atoms with Crippen molar-refractivity contribution in [3.8, 4) is 0 Å². The van der Waals surface area contributed by atoms with Gasteiger partial charge in [0.05, 0.1) is 0 Å². The highest BCUT2D eigenvalue weighted by molar-refractivity contribution is 5.77. The summed E-state index contributed by atoms with van der Waals surface area (Å²) in [7, 11) is 2.03. The van der Waals surface area contributed by atoms with Crippen LogP contribution in [0.15, 0.2) is 109 Å². The number of anilines is 3. The van der Waals surface area contributed by atoms with Gasteiger partial charge in [0.25, 0.3) is 0 Å². The monoisotopic (exact) mass is 363 g/mol. The van der Waals surface area contributed by atoms with Crippen LogP contribution in [0.3, 0.4) is 0 Å². The fraction of sp³-hybridized carbons (Fsp3) is 0.0385. The molecule has 2 heteroatoms. The quantitative estimate of drug-likeness (QED) is 0.386. The van der Waals surface area contributed by atoms with E-state index < -0.39 is 0 Å². The number of benzene rings is 3. The zero-order valence-corrected chi connectivity index (χ0v) is 15.9. The van der Waals surface area contributed by atoms with Crippen molar-refractivity contribution in [2.45, 2.75) is 0 Å². The number of rotatable bonds is 5. The molecule has 0 atom stereocenters. The Morgan fingerprint density at radius 3 is 1.46 bits per heavy atom. The van der Waals surface area contributed by atoms with Crippen molar-refractivity contribution in [3.63, 3.8) is 0 Å². The Balaban J connectivity index is 1.62. The van der Waals surface area contributed by atoms with Gasteiger partial charge in [-0.25, -0.2) is 4.57 Å². The summed E-state index contributed by atoms with van der Waals surface area (Å²) >= 11 is 0. The first kappa shape index (κ1) is 17.7. The lowest BCUT2D eigenvalue weighted by Crippen LogP contribution is -2.25. The van der Waals surface area contributed by atoms with Crippen molar-refractivity contribution >= 4 is 29.2 Å². The summed E-state index contributed by atoms with van der Waals surface area (Å²) in [5, 5.41) is 0. The maximum absolute atomic E-state index is 2.27. The molecule has 1 heterocycles. The standard InChI is InChI=1S/C26H23N2/c1-27-20-18-23(19-21-27)13-12-22-14-16-26(17-15-22)28(24-8-4-2-5-9-24)25-10-6-3-7-11-25/h2-21H,1H3/q+1. The molecule has 0 saturated carbocycles. The van der Waals surface area contributed by atoms with Crippen molar-refractivity contribution in [3.05, 3.63) is 121 Å². The van der Waals surface area contributed by atoms with Crippen LogP contribution in [0.25, 0.3) is 12.2 Å². The maximum Gasteiger partial charge on any atom is 0.169 e. The molecule has 3 aromatic carbocycles. The zero-order chi connectivity index (χ0) is 19.2. The molecular formula is C26H23N2+. The van der Waals surface area contributed by atoms with E-state index >= 15 is 0 Å². The largest absolute Gasteiger partial charge is 0.311 e. The topological polar surface area (TPSA) is 7.12 Å². The Kier molecular flexibility index (Phi) is 5.30.